The molecule has 0 saturated heterocycles. The first-order valence-electron chi connectivity index (χ1n) is 0. The molecule has 0 amide bonds. The maximum Gasteiger partial charge on any atom is 0.316 e. The normalized spacial score (nSPS) is 0. The molecule has 0 N–H and O–H groups in total. The van der Waals surface area contributed by atoms with E-state index in [0.717, 1.165) is 0 Å². The van der Waals surface area contributed by atoms with E-state index in [1.54, 1.807) is 0 Å². The summed E-state index contributed by atoms with van der Waals surface area (Å²) in [5.74, 6) is 0. The molecule has 27 valence electrons. The van der Waals surface area contributed by atoms with Gasteiger partial charge in [0.05, 0.1) is 0 Å². The van der Waals surface area contributed by atoms with Crippen LogP contribution in [0.2, 0.25) is 0 Å². The van der Waals surface area contributed by atoms with Gasteiger partial charge in [0.25, 0.3) is 0 Å². The zero-order valence-corrected chi connectivity index (χ0v) is 4.47. The molecule has 0 aliphatic rings. The summed E-state index contributed by atoms with van der Waals surface area (Å²) in [5, 5.41) is 0. The van der Waals surface area contributed by atoms with Crippen LogP contribution >= 0.6 is 0 Å². The molecule has 0 unspecified atom stereocenters. The molecular formula is H2Fe2MgMn. The van der Waals surface area contributed by atoms with Crippen molar-refractivity contribution in [1.29, 1.82) is 0 Å². The first-order chi connectivity index (χ1) is 0. The SMILES string of the molecule is [Fe].[Fe].[MgH2].[Mn]. The van der Waals surface area contributed by atoms with Crippen molar-refractivity contribution in [2.24, 2.45) is 0 Å². The van der Waals surface area contributed by atoms with Gasteiger partial charge >= 0.3 is 23.1 Å². The van der Waals surface area contributed by atoms with Gasteiger partial charge in [-0.15, -0.1) is 0 Å². The molecule has 0 nitrogen and oxygen atoms in total. The molecule has 4 heteroatoms. The predicted octanol–water partition coefficient (Wildman–Crippen LogP) is -0.924. The Morgan fingerprint density at radius 1 is 0.750 bits per heavy atom. The predicted molar refractivity (Wildman–Crippen MR) is 8.54 cm³/mol. The van der Waals surface area contributed by atoms with Crippen LogP contribution in [0.5, 0.6) is 0 Å². The summed E-state index contributed by atoms with van der Waals surface area (Å²) < 4.78 is 0. The van der Waals surface area contributed by atoms with E-state index in [9.17, 15) is 0 Å². The minimum Gasteiger partial charge on any atom is 0 e. The van der Waals surface area contributed by atoms with Crippen LogP contribution in [0.3, 0.4) is 0 Å². The summed E-state index contributed by atoms with van der Waals surface area (Å²) in [6.45, 7) is 0. The molecule has 1 radical (unpaired) electrons. The Hall–Kier alpha value is 2.32. The van der Waals surface area contributed by atoms with Crippen molar-refractivity contribution in [2.45, 2.75) is 0 Å². The fourth-order valence-electron chi connectivity index (χ4n) is 0. The van der Waals surface area contributed by atoms with E-state index >= 15 is 0 Å². The van der Waals surface area contributed by atoms with Gasteiger partial charge in [0.1, 0.15) is 0 Å². The van der Waals surface area contributed by atoms with E-state index < -0.39 is 0 Å². The van der Waals surface area contributed by atoms with E-state index in [2.05, 4.69) is 0 Å². The molecular weight excluding hydrogens is 191 g/mol. The van der Waals surface area contributed by atoms with Gasteiger partial charge in [0.2, 0.25) is 0 Å². The second kappa shape index (κ2) is 18.4. The molecule has 0 aromatic carbocycles. The Morgan fingerprint density at radius 2 is 0.750 bits per heavy atom. The van der Waals surface area contributed by atoms with Gasteiger partial charge in [-0.2, -0.15) is 0 Å². The van der Waals surface area contributed by atoms with Gasteiger partial charge in [0.15, 0.2) is 0 Å². The van der Waals surface area contributed by atoms with Gasteiger partial charge in [0, 0.05) is 51.2 Å². The van der Waals surface area contributed by atoms with Crippen molar-refractivity contribution in [3.63, 3.8) is 0 Å². The van der Waals surface area contributed by atoms with E-state index in [4.69, 9.17) is 0 Å². The van der Waals surface area contributed by atoms with E-state index in [-0.39, 0.29) is 74.3 Å². The Morgan fingerprint density at radius 3 is 0.750 bits per heavy atom. The molecule has 4 heavy (non-hydrogen) atoms. The summed E-state index contributed by atoms with van der Waals surface area (Å²) in [6, 6.07) is 0. The van der Waals surface area contributed by atoms with Crippen LogP contribution in [0.1, 0.15) is 0 Å². The van der Waals surface area contributed by atoms with E-state index in [0.29, 0.717) is 0 Å². The standard InChI is InChI=1S/2Fe.Mg.Mn.2H. The van der Waals surface area contributed by atoms with Crippen molar-refractivity contribution < 1.29 is 51.2 Å². The van der Waals surface area contributed by atoms with Crippen molar-refractivity contribution >= 4 is 23.1 Å². The van der Waals surface area contributed by atoms with Crippen molar-refractivity contribution in [1.82, 2.24) is 0 Å². The maximum absolute atomic E-state index is 0. The molecule has 0 bridgehead atoms. The van der Waals surface area contributed by atoms with Crippen LogP contribution in [-0.2, 0) is 51.2 Å². The Labute approximate surface area is 73.4 Å². The summed E-state index contributed by atoms with van der Waals surface area (Å²) in [5.41, 5.74) is 0. The Bertz CT molecular complexity index is 6.00. The molecule has 0 aliphatic carbocycles. The van der Waals surface area contributed by atoms with E-state index in [1.165, 1.54) is 0 Å². The monoisotopic (exact) mass is 193 g/mol. The smallest absolute Gasteiger partial charge is 0 e. The van der Waals surface area contributed by atoms with Gasteiger partial charge in [-0.3, -0.25) is 0 Å². The molecule has 0 atom stereocenters. The van der Waals surface area contributed by atoms with Gasteiger partial charge < -0.3 is 0 Å². The third kappa shape index (κ3) is 8.85. The average molecular weight is 193 g/mol. The third-order valence-corrected chi connectivity index (χ3v) is 0. The topological polar surface area (TPSA) is 0 Å². The summed E-state index contributed by atoms with van der Waals surface area (Å²) in [6.07, 6.45) is 0. The first kappa shape index (κ1) is 33.2. The Balaban J connectivity index is 0. The van der Waals surface area contributed by atoms with Crippen molar-refractivity contribution in [3.8, 4) is 0 Å². The third-order valence-electron chi connectivity index (χ3n) is 0. The minimum absolute atomic E-state index is 0. The second-order valence-corrected chi connectivity index (χ2v) is 0. The fourth-order valence-corrected chi connectivity index (χ4v) is 0. The number of hydrogen-bond donors (Lipinski definition) is 0. The van der Waals surface area contributed by atoms with Gasteiger partial charge in [-0.25, -0.2) is 0 Å². The van der Waals surface area contributed by atoms with Crippen molar-refractivity contribution in [2.75, 3.05) is 0 Å². The summed E-state index contributed by atoms with van der Waals surface area (Å²) in [7, 11) is 0. The number of rotatable bonds is 0. The fraction of sp³-hybridized carbons (Fsp3) is 0. The van der Waals surface area contributed by atoms with Crippen LogP contribution in [0.15, 0.2) is 0 Å². The molecule has 0 rings (SSSR count). The zero-order chi connectivity index (χ0) is 0. The molecule has 0 spiro atoms. The first-order valence-corrected chi connectivity index (χ1v) is 0. The zero-order valence-electron chi connectivity index (χ0n) is 1.09. The molecule has 0 aromatic rings. The number of hydrogen-bond acceptors (Lipinski definition) is 0. The van der Waals surface area contributed by atoms with Gasteiger partial charge in [-0.05, 0) is 0 Å². The molecule has 0 heterocycles. The van der Waals surface area contributed by atoms with Crippen molar-refractivity contribution in [3.05, 3.63) is 0 Å². The Kier molecular flexibility index (Phi) is 153. The summed E-state index contributed by atoms with van der Waals surface area (Å²) in [4.78, 5) is 0. The average Bonchev–Trinajstić information content (AvgIpc) is 0. The van der Waals surface area contributed by atoms with Crippen LogP contribution in [0.25, 0.3) is 0 Å². The van der Waals surface area contributed by atoms with Crippen LogP contribution in [0.4, 0.5) is 0 Å². The van der Waals surface area contributed by atoms with Crippen LogP contribution < -0.4 is 0 Å². The molecule has 0 aliphatic heterocycles. The molecule has 0 saturated carbocycles. The van der Waals surface area contributed by atoms with Crippen LogP contribution in [-0.4, -0.2) is 23.1 Å². The van der Waals surface area contributed by atoms with Gasteiger partial charge in [-0.1, -0.05) is 0 Å². The molecule has 0 fully saturated rings. The molecule has 0 aromatic heterocycles. The van der Waals surface area contributed by atoms with E-state index in [1.807, 2.05) is 0 Å². The maximum atomic E-state index is 0. The quantitative estimate of drug-likeness (QED) is 0.436. The second-order valence-electron chi connectivity index (χ2n) is 0. The summed E-state index contributed by atoms with van der Waals surface area (Å²) >= 11 is 0. The largest absolute Gasteiger partial charge is 0.316 e. The minimum atomic E-state index is 0. The van der Waals surface area contributed by atoms with Crippen LogP contribution in [0, 0.1) is 0 Å².